The molecule has 1 atom stereocenters. The van der Waals surface area contributed by atoms with Crippen molar-refractivity contribution in [2.24, 2.45) is 5.73 Å². The number of aryl methyl sites for hydroxylation is 1. The molecular weight excluding hydrogens is 466 g/mol. The van der Waals surface area contributed by atoms with Gasteiger partial charge in [-0.3, -0.25) is 4.79 Å². The average molecular weight is 496 g/mol. The second kappa shape index (κ2) is 8.10. The summed E-state index contributed by atoms with van der Waals surface area (Å²) in [7, 11) is 0. The Hall–Kier alpha value is -3.81. The molecule has 0 spiro atoms. The number of nitrogens with zero attached hydrogens (tertiary/aromatic N) is 2. The fourth-order valence-corrected chi connectivity index (χ4v) is 6.03. The van der Waals surface area contributed by atoms with Gasteiger partial charge in [-0.1, -0.05) is 37.3 Å². The zero-order chi connectivity index (χ0) is 26.2. The first kappa shape index (κ1) is 23.6. The monoisotopic (exact) mass is 495 g/mol. The zero-order valence-corrected chi connectivity index (χ0v) is 21.4. The van der Waals surface area contributed by atoms with E-state index in [9.17, 15) is 14.7 Å². The molecule has 2 aromatic heterocycles. The van der Waals surface area contributed by atoms with Gasteiger partial charge in [0.25, 0.3) is 5.56 Å². The van der Waals surface area contributed by atoms with Crippen molar-refractivity contribution in [2.75, 3.05) is 0 Å². The molecule has 4 aromatic rings. The molecule has 0 bridgehead atoms. The summed E-state index contributed by atoms with van der Waals surface area (Å²) in [5.41, 5.74) is 14.5. The Morgan fingerprint density at radius 3 is 2.49 bits per heavy atom. The second-order valence-electron chi connectivity index (χ2n) is 10.1. The highest BCUT2D eigenvalue weighted by Gasteiger charge is 2.45. The minimum absolute atomic E-state index is 0.103. The van der Waals surface area contributed by atoms with E-state index in [1.807, 2.05) is 18.2 Å². The van der Waals surface area contributed by atoms with E-state index in [1.54, 1.807) is 17.6 Å². The van der Waals surface area contributed by atoms with Gasteiger partial charge >= 0.3 is 5.97 Å². The van der Waals surface area contributed by atoms with Crippen molar-refractivity contribution in [3.05, 3.63) is 85.7 Å². The van der Waals surface area contributed by atoms with Gasteiger partial charge < -0.3 is 20.1 Å². The molecule has 3 N–H and O–H groups in total. The minimum atomic E-state index is -1.86. The number of rotatable bonds is 3. The first-order chi connectivity index (χ1) is 17.7. The standard InChI is InChI=1S/C30H29N3O4/c1-5-30(36)22-11-23-27-20(13-33(23)28(34)21(22)14-37-29(30)35)19(12-31)25-24(18-9-7-6-8-10-18)16(3)15(2)17(4)26(25)32-27/h6-11,36H,5,12-14,31H2,1-4H3/t30-/m0/s1. The lowest BCUT2D eigenvalue weighted by molar-refractivity contribution is -0.172. The number of ether oxygens (including phenoxy) is 1. The number of carbonyl (C=O) groups excluding carboxylic acids is 1. The zero-order valence-electron chi connectivity index (χ0n) is 21.4. The van der Waals surface area contributed by atoms with Crippen LogP contribution in [0.15, 0.2) is 41.2 Å². The molecule has 6 rings (SSSR count). The van der Waals surface area contributed by atoms with Gasteiger partial charge in [0.2, 0.25) is 0 Å². The van der Waals surface area contributed by atoms with Gasteiger partial charge in [0.15, 0.2) is 5.60 Å². The highest BCUT2D eigenvalue weighted by atomic mass is 16.6. The molecular formula is C30H29N3O4. The van der Waals surface area contributed by atoms with E-state index in [2.05, 4.69) is 32.9 Å². The maximum absolute atomic E-state index is 13.6. The van der Waals surface area contributed by atoms with Crippen molar-refractivity contribution in [2.45, 2.75) is 59.4 Å². The summed E-state index contributed by atoms with van der Waals surface area (Å²) < 4.78 is 6.87. The SMILES string of the molecule is CC[C@@]1(O)C(=O)OCc2c1cc1n(c2=O)Cc2c-1nc1c(C)c(C)c(C)c(-c3ccccc3)c1c2CN. The number of cyclic esters (lactones) is 1. The first-order valence-corrected chi connectivity index (χ1v) is 12.6. The molecule has 2 aromatic carbocycles. The third-order valence-corrected chi connectivity index (χ3v) is 8.39. The van der Waals surface area contributed by atoms with Crippen LogP contribution in [0.3, 0.4) is 0 Å². The highest BCUT2D eigenvalue weighted by molar-refractivity contribution is 6.03. The van der Waals surface area contributed by atoms with E-state index in [1.165, 1.54) is 5.56 Å². The molecule has 0 aliphatic carbocycles. The second-order valence-corrected chi connectivity index (χ2v) is 10.1. The Kier molecular flexibility index (Phi) is 5.16. The molecule has 2 aliphatic heterocycles. The number of pyridine rings is 2. The van der Waals surface area contributed by atoms with Gasteiger partial charge in [0, 0.05) is 23.1 Å². The van der Waals surface area contributed by atoms with Crippen LogP contribution in [0, 0.1) is 20.8 Å². The lowest BCUT2D eigenvalue weighted by Crippen LogP contribution is -2.44. The summed E-state index contributed by atoms with van der Waals surface area (Å²) in [6, 6.07) is 12.0. The summed E-state index contributed by atoms with van der Waals surface area (Å²) in [4.78, 5) is 31.3. The summed E-state index contributed by atoms with van der Waals surface area (Å²) in [5.74, 6) is -0.728. The Bertz CT molecular complexity index is 1700. The summed E-state index contributed by atoms with van der Waals surface area (Å²) in [6.45, 7) is 8.47. The van der Waals surface area contributed by atoms with Crippen molar-refractivity contribution in [3.63, 3.8) is 0 Å². The first-order valence-electron chi connectivity index (χ1n) is 12.6. The normalized spacial score (nSPS) is 17.9. The molecule has 188 valence electrons. The van der Waals surface area contributed by atoms with Crippen molar-refractivity contribution in [3.8, 4) is 22.5 Å². The molecule has 7 nitrogen and oxygen atoms in total. The van der Waals surface area contributed by atoms with E-state index >= 15 is 0 Å². The van der Waals surface area contributed by atoms with Crippen LogP contribution in [-0.2, 0) is 34.8 Å². The summed E-state index contributed by atoms with van der Waals surface area (Å²) in [6.07, 6.45) is 0.103. The predicted octanol–water partition coefficient (Wildman–Crippen LogP) is 4.13. The molecule has 0 saturated heterocycles. The van der Waals surface area contributed by atoms with Crippen LogP contribution in [0.25, 0.3) is 33.4 Å². The molecule has 0 saturated carbocycles. The van der Waals surface area contributed by atoms with Crippen molar-refractivity contribution in [1.29, 1.82) is 0 Å². The number of hydrogen-bond donors (Lipinski definition) is 2. The predicted molar refractivity (Wildman–Crippen MR) is 142 cm³/mol. The van der Waals surface area contributed by atoms with E-state index in [4.69, 9.17) is 15.5 Å². The Morgan fingerprint density at radius 2 is 1.81 bits per heavy atom. The van der Waals surface area contributed by atoms with Crippen LogP contribution in [0.1, 0.15) is 52.3 Å². The topological polar surface area (TPSA) is 107 Å². The number of carbonyl (C=O) groups is 1. The third kappa shape index (κ3) is 3.04. The van der Waals surface area contributed by atoms with Crippen LogP contribution >= 0.6 is 0 Å². The molecule has 0 unspecified atom stereocenters. The van der Waals surface area contributed by atoms with Gasteiger partial charge in [-0.2, -0.15) is 0 Å². The molecule has 0 amide bonds. The van der Waals surface area contributed by atoms with Crippen LogP contribution in [0.4, 0.5) is 0 Å². The number of aliphatic hydroxyl groups is 1. The average Bonchev–Trinajstić information content (AvgIpc) is 3.28. The van der Waals surface area contributed by atoms with Crippen molar-refractivity contribution >= 4 is 16.9 Å². The maximum Gasteiger partial charge on any atom is 0.343 e. The number of aromatic nitrogens is 2. The highest BCUT2D eigenvalue weighted by Crippen LogP contribution is 2.44. The quantitative estimate of drug-likeness (QED) is 0.365. The molecule has 7 heteroatoms. The Balaban J connectivity index is 1.72. The molecule has 2 aliphatic rings. The smallest absolute Gasteiger partial charge is 0.343 e. The summed E-state index contributed by atoms with van der Waals surface area (Å²) in [5, 5.41) is 12.2. The van der Waals surface area contributed by atoms with E-state index in [0.29, 0.717) is 29.1 Å². The van der Waals surface area contributed by atoms with Gasteiger partial charge in [0.1, 0.15) is 6.61 Å². The number of fused-ring (bicyclic) bond motifs is 5. The van der Waals surface area contributed by atoms with E-state index in [0.717, 1.165) is 44.3 Å². The molecule has 4 heterocycles. The van der Waals surface area contributed by atoms with Crippen LogP contribution < -0.4 is 11.3 Å². The van der Waals surface area contributed by atoms with E-state index in [-0.39, 0.29) is 25.1 Å². The Morgan fingerprint density at radius 1 is 1.08 bits per heavy atom. The fraction of sp³-hybridized carbons (Fsp3) is 0.300. The van der Waals surface area contributed by atoms with Crippen LogP contribution in [0.5, 0.6) is 0 Å². The maximum atomic E-state index is 13.6. The lowest BCUT2D eigenvalue weighted by atomic mass is 9.85. The third-order valence-electron chi connectivity index (χ3n) is 8.39. The number of nitrogens with two attached hydrogens (primary N) is 1. The van der Waals surface area contributed by atoms with Gasteiger partial charge in [0.05, 0.1) is 29.0 Å². The van der Waals surface area contributed by atoms with Gasteiger partial charge in [-0.25, -0.2) is 9.78 Å². The van der Waals surface area contributed by atoms with Gasteiger partial charge in [-0.15, -0.1) is 0 Å². The van der Waals surface area contributed by atoms with Crippen LogP contribution in [0.2, 0.25) is 0 Å². The molecule has 37 heavy (non-hydrogen) atoms. The number of hydrogen-bond acceptors (Lipinski definition) is 6. The lowest BCUT2D eigenvalue weighted by Gasteiger charge is -2.31. The number of esters is 1. The van der Waals surface area contributed by atoms with E-state index < -0.39 is 11.6 Å². The molecule has 0 fully saturated rings. The molecule has 0 radical (unpaired) electrons. The minimum Gasteiger partial charge on any atom is -0.458 e. The van der Waals surface area contributed by atoms with Gasteiger partial charge in [-0.05, 0) is 66.6 Å². The summed E-state index contributed by atoms with van der Waals surface area (Å²) >= 11 is 0. The van der Waals surface area contributed by atoms with Crippen LogP contribution in [-0.4, -0.2) is 20.6 Å². The fourth-order valence-electron chi connectivity index (χ4n) is 6.03. The number of benzene rings is 2. The van der Waals surface area contributed by atoms with Crippen molar-refractivity contribution < 1.29 is 14.6 Å². The Labute approximate surface area is 214 Å². The van der Waals surface area contributed by atoms with Crippen molar-refractivity contribution in [1.82, 2.24) is 9.55 Å². The largest absolute Gasteiger partial charge is 0.458 e.